The highest BCUT2D eigenvalue weighted by molar-refractivity contribution is 5.39. The van der Waals surface area contributed by atoms with Gasteiger partial charge in [-0.2, -0.15) is 0 Å². The van der Waals surface area contributed by atoms with Crippen molar-refractivity contribution in [3.8, 4) is 0 Å². The fraction of sp³-hybridized carbons (Fsp3) is 0.438. The van der Waals surface area contributed by atoms with Crippen LogP contribution in [-0.2, 0) is 6.54 Å². The number of pyridine rings is 1. The van der Waals surface area contributed by atoms with E-state index in [-0.39, 0.29) is 0 Å². The second-order valence-electron chi connectivity index (χ2n) is 5.06. The fourth-order valence-electron chi connectivity index (χ4n) is 2.08. The molecule has 2 rings (SSSR count). The Morgan fingerprint density at radius 3 is 2.80 bits per heavy atom. The van der Waals surface area contributed by atoms with Crippen molar-refractivity contribution in [1.29, 1.82) is 0 Å². The maximum Gasteiger partial charge on any atom is 0.128 e. The molecule has 0 aliphatic carbocycles. The molecule has 1 atom stereocenters. The third kappa shape index (κ3) is 3.84. The lowest BCUT2D eigenvalue weighted by Crippen LogP contribution is -2.20. The van der Waals surface area contributed by atoms with Gasteiger partial charge in [-0.15, -0.1) is 0 Å². The smallest absolute Gasteiger partial charge is 0.128 e. The van der Waals surface area contributed by atoms with Crippen LogP contribution in [0.4, 0.5) is 5.82 Å². The molecule has 20 heavy (non-hydrogen) atoms. The van der Waals surface area contributed by atoms with E-state index in [0.29, 0.717) is 6.04 Å². The van der Waals surface area contributed by atoms with Gasteiger partial charge in [0, 0.05) is 19.3 Å². The summed E-state index contributed by atoms with van der Waals surface area (Å²) in [7, 11) is 2.02. The average molecular weight is 273 g/mol. The predicted molar refractivity (Wildman–Crippen MR) is 81.8 cm³/mol. The summed E-state index contributed by atoms with van der Waals surface area (Å²) in [4.78, 5) is 6.61. The van der Waals surface area contributed by atoms with Gasteiger partial charge in [-0.3, -0.25) is 0 Å². The summed E-state index contributed by atoms with van der Waals surface area (Å²) in [5.41, 5.74) is 1.22. The lowest BCUT2D eigenvalue weighted by Gasteiger charge is -2.18. The Labute approximate surface area is 120 Å². The molecule has 2 heterocycles. The van der Waals surface area contributed by atoms with Gasteiger partial charge in [-0.05, 0) is 43.7 Å². The molecule has 2 aromatic heterocycles. The molecule has 4 nitrogen and oxygen atoms in total. The molecular formula is C16H23N3O. The van der Waals surface area contributed by atoms with Gasteiger partial charge in [0.05, 0.1) is 12.8 Å². The summed E-state index contributed by atoms with van der Waals surface area (Å²) in [5.74, 6) is 1.89. The van der Waals surface area contributed by atoms with Crippen LogP contribution in [0.25, 0.3) is 0 Å². The van der Waals surface area contributed by atoms with Crippen LogP contribution < -0.4 is 10.2 Å². The highest BCUT2D eigenvalue weighted by Gasteiger charge is 2.08. The number of hydrogen-bond acceptors (Lipinski definition) is 4. The summed E-state index contributed by atoms with van der Waals surface area (Å²) in [5, 5.41) is 3.47. The zero-order chi connectivity index (χ0) is 14.4. The monoisotopic (exact) mass is 273 g/mol. The van der Waals surface area contributed by atoms with E-state index in [9.17, 15) is 0 Å². The van der Waals surface area contributed by atoms with Crippen LogP contribution in [0.3, 0.4) is 0 Å². The predicted octanol–water partition coefficient (Wildman–Crippen LogP) is 3.37. The molecular weight excluding hydrogens is 250 g/mol. The second kappa shape index (κ2) is 7.10. The van der Waals surface area contributed by atoms with Crippen LogP contribution in [0.15, 0.2) is 41.1 Å². The summed E-state index contributed by atoms with van der Waals surface area (Å²) in [6.45, 7) is 6.09. The lowest BCUT2D eigenvalue weighted by atomic mass is 10.1. The largest absolute Gasteiger partial charge is 0.467 e. The molecule has 0 fully saturated rings. The standard InChI is InChI=1S/C16H23N3O/c1-4-9-17-13(2)14-7-8-16(18-11-14)19(3)12-15-6-5-10-20-15/h5-8,10-11,13,17H,4,9,12H2,1-3H3. The first-order chi connectivity index (χ1) is 9.70. The minimum Gasteiger partial charge on any atom is -0.467 e. The van der Waals surface area contributed by atoms with E-state index in [1.54, 1.807) is 6.26 Å². The molecule has 0 saturated carbocycles. The van der Waals surface area contributed by atoms with Crippen molar-refractivity contribution in [2.75, 3.05) is 18.5 Å². The highest BCUT2D eigenvalue weighted by Crippen LogP contribution is 2.17. The Morgan fingerprint density at radius 1 is 1.35 bits per heavy atom. The van der Waals surface area contributed by atoms with E-state index in [2.05, 4.69) is 41.2 Å². The topological polar surface area (TPSA) is 41.3 Å². The molecule has 2 aromatic rings. The maximum atomic E-state index is 5.35. The van der Waals surface area contributed by atoms with Crippen molar-refractivity contribution < 1.29 is 4.42 Å². The van der Waals surface area contributed by atoms with Crippen molar-refractivity contribution in [3.05, 3.63) is 48.0 Å². The molecule has 1 N–H and O–H groups in total. The number of hydrogen-bond donors (Lipinski definition) is 1. The summed E-state index contributed by atoms with van der Waals surface area (Å²) in [6, 6.07) is 8.41. The van der Waals surface area contributed by atoms with Gasteiger partial charge in [0.25, 0.3) is 0 Å². The van der Waals surface area contributed by atoms with E-state index in [0.717, 1.165) is 31.1 Å². The Balaban J connectivity index is 1.96. The molecule has 0 amide bonds. The molecule has 0 bridgehead atoms. The van der Waals surface area contributed by atoms with Crippen LogP contribution in [0.2, 0.25) is 0 Å². The van der Waals surface area contributed by atoms with E-state index >= 15 is 0 Å². The third-order valence-corrected chi connectivity index (χ3v) is 3.34. The average Bonchev–Trinajstić information content (AvgIpc) is 2.97. The Hall–Kier alpha value is -1.81. The number of aromatic nitrogens is 1. The van der Waals surface area contributed by atoms with Gasteiger partial charge < -0.3 is 14.6 Å². The van der Waals surface area contributed by atoms with Gasteiger partial charge in [-0.1, -0.05) is 13.0 Å². The number of furan rings is 1. The van der Waals surface area contributed by atoms with Crippen LogP contribution in [0.5, 0.6) is 0 Å². The van der Waals surface area contributed by atoms with Crippen molar-refractivity contribution in [3.63, 3.8) is 0 Å². The van der Waals surface area contributed by atoms with E-state index in [1.807, 2.05) is 25.4 Å². The molecule has 1 unspecified atom stereocenters. The van der Waals surface area contributed by atoms with Crippen LogP contribution in [-0.4, -0.2) is 18.6 Å². The van der Waals surface area contributed by atoms with Gasteiger partial charge in [0.1, 0.15) is 11.6 Å². The zero-order valence-electron chi connectivity index (χ0n) is 12.5. The normalized spacial score (nSPS) is 12.3. The highest BCUT2D eigenvalue weighted by atomic mass is 16.3. The first-order valence-electron chi connectivity index (χ1n) is 7.13. The Kier molecular flexibility index (Phi) is 5.18. The molecule has 0 saturated heterocycles. The van der Waals surface area contributed by atoms with Crippen LogP contribution >= 0.6 is 0 Å². The third-order valence-electron chi connectivity index (χ3n) is 3.34. The van der Waals surface area contributed by atoms with Crippen molar-refractivity contribution >= 4 is 5.82 Å². The maximum absolute atomic E-state index is 5.35. The van der Waals surface area contributed by atoms with Crippen molar-refractivity contribution in [2.45, 2.75) is 32.9 Å². The zero-order valence-corrected chi connectivity index (χ0v) is 12.5. The summed E-state index contributed by atoms with van der Waals surface area (Å²) in [6.07, 6.45) is 4.78. The molecule has 0 radical (unpaired) electrons. The number of nitrogens with zero attached hydrogens (tertiary/aromatic N) is 2. The van der Waals surface area contributed by atoms with Gasteiger partial charge >= 0.3 is 0 Å². The Morgan fingerprint density at radius 2 is 2.20 bits per heavy atom. The van der Waals surface area contributed by atoms with E-state index in [4.69, 9.17) is 4.42 Å². The number of rotatable bonds is 7. The lowest BCUT2D eigenvalue weighted by molar-refractivity contribution is 0.507. The van der Waals surface area contributed by atoms with Crippen molar-refractivity contribution in [2.24, 2.45) is 0 Å². The summed E-state index contributed by atoms with van der Waals surface area (Å²) >= 11 is 0. The first-order valence-corrected chi connectivity index (χ1v) is 7.13. The van der Waals surface area contributed by atoms with Gasteiger partial charge in [0.2, 0.25) is 0 Å². The molecule has 108 valence electrons. The molecule has 0 spiro atoms. The summed E-state index contributed by atoms with van der Waals surface area (Å²) < 4.78 is 5.35. The number of nitrogens with one attached hydrogen (secondary N) is 1. The molecule has 0 aromatic carbocycles. The molecule has 4 heteroatoms. The minimum absolute atomic E-state index is 0.340. The Bertz CT molecular complexity index is 493. The van der Waals surface area contributed by atoms with Gasteiger partial charge in [0.15, 0.2) is 0 Å². The van der Waals surface area contributed by atoms with Gasteiger partial charge in [-0.25, -0.2) is 4.98 Å². The first kappa shape index (κ1) is 14.6. The van der Waals surface area contributed by atoms with Crippen molar-refractivity contribution in [1.82, 2.24) is 10.3 Å². The molecule has 0 aliphatic heterocycles. The quantitative estimate of drug-likeness (QED) is 0.839. The van der Waals surface area contributed by atoms with E-state index in [1.165, 1.54) is 5.56 Å². The van der Waals surface area contributed by atoms with Crippen LogP contribution in [0, 0.1) is 0 Å². The minimum atomic E-state index is 0.340. The fourth-order valence-corrected chi connectivity index (χ4v) is 2.08. The van der Waals surface area contributed by atoms with Crippen LogP contribution in [0.1, 0.15) is 37.6 Å². The molecule has 0 aliphatic rings. The second-order valence-corrected chi connectivity index (χ2v) is 5.06. The van der Waals surface area contributed by atoms with E-state index < -0.39 is 0 Å². The SMILES string of the molecule is CCCNC(C)c1ccc(N(C)Cc2ccco2)nc1. The number of anilines is 1.